The highest BCUT2D eigenvalue weighted by Crippen LogP contribution is 2.46. The Bertz CT molecular complexity index is 1670. The molecule has 3 atom stereocenters. The lowest BCUT2D eigenvalue weighted by Gasteiger charge is -2.38. The lowest BCUT2D eigenvalue weighted by atomic mass is 9.91. The number of ether oxygens (including phenoxy) is 4. The van der Waals surface area contributed by atoms with Crippen LogP contribution in [0.4, 0.5) is 0 Å². The molecule has 3 aliphatic heterocycles. The number of benzene rings is 2. The topological polar surface area (TPSA) is 108 Å². The summed E-state index contributed by atoms with van der Waals surface area (Å²) in [5.74, 6) is 1.75. The lowest BCUT2D eigenvalue weighted by Crippen LogP contribution is -2.36. The maximum absolute atomic E-state index is 11.9. The summed E-state index contributed by atoms with van der Waals surface area (Å²) in [5.41, 5.74) is 4.65. The van der Waals surface area contributed by atoms with Crippen LogP contribution in [0, 0.1) is 0 Å². The molecule has 4 aromatic rings. The molecule has 0 saturated carbocycles. The van der Waals surface area contributed by atoms with Crippen LogP contribution in [-0.2, 0) is 24.2 Å². The number of carbonyl (C=O) groups is 1. The molecule has 1 N–H and O–H groups in total. The van der Waals surface area contributed by atoms with E-state index in [2.05, 4.69) is 27.4 Å². The molecule has 7 rings (SSSR count). The number of fused-ring (bicyclic) bond motifs is 4. The normalized spacial score (nSPS) is 21.5. The predicted octanol–water partition coefficient (Wildman–Crippen LogP) is 5.21. The average Bonchev–Trinajstić information content (AvgIpc) is 3.32. The van der Waals surface area contributed by atoms with E-state index in [1.165, 1.54) is 18.7 Å². The van der Waals surface area contributed by atoms with Crippen LogP contribution in [0.5, 0.6) is 17.2 Å². The van der Waals surface area contributed by atoms with Gasteiger partial charge < -0.3 is 28.6 Å². The Kier molecular flexibility index (Phi) is 6.92. The molecular weight excluding hydrogens is 560 g/mol. The Morgan fingerprint density at radius 3 is 2.81 bits per heavy atom. The van der Waals surface area contributed by atoms with Crippen molar-refractivity contribution in [1.82, 2.24) is 19.4 Å². The largest absolute Gasteiger partial charge is 0.494 e. The maximum atomic E-state index is 11.9. The number of imidazole rings is 1. The SMILES string of the molecule is COc1cc(C(=O)O)cc2c1nc(CN1CCc3ccc4c(c3C1C)O[C@@H](c1ccc(Cl)cn1)CO4)n2C[C@@H]1CCO1. The minimum atomic E-state index is -1.01. The third-order valence-electron chi connectivity index (χ3n) is 8.50. The molecule has 2 aromatic heterocycles. The quantitative estimate of drug-likeness (QED) is 0.310. The summed E-state index contributed by atoms with van der Waals surface area (Å²) in [7, 11) is 1.54. The van der Waals surface area contributed by atoms with Gasteiger partial charge in [-0.3, -0.25) is 9.88 Å². The summed E-state index contributed by atoms with van der Waals surface area (Å²) in [4.78, 5) is 23.7. The fraction of sp³-hybridized carbons (Fsp3) is 0.387. The van der Waals surface area contributed by atoms with Gasteiger partial charge in [-0.25, -0.2) is 9.78 Å². The van der Waals surface area contributed by atoms with Gasteiger partial charge in [0.05, 0.1) is 48.1 Å². The Balaban J connectivity index is 1.23. The van der Waals surface area contributed by atoms with Crippen LogP contribution in [0.25, 0.3) is 11.0 Å². The van der Waals surface area contributed by atoms with Crippen LogP contribution in [0.15, 0.2) is 42.6 Å². The summed E-state index contributed by atoms with van der Waals surface area (Å²) in [6.45, 7) is 5.26. The van der Waals surface area contributed by atoms with Crippen molar-refractivity contribution in [2.75, 3.05) is 26.9 Å². The summed E-state index contributed by atoms with van der Waals surface area (Å²) >= 11 is 6.06. The first kappa shape index (κ1) is 27.0. The monoisotopic (exact) mass is 590 g/mol. The van der Waals surface area contributed by atoms with Gasteiger partial charge in [0, 0.05) is 31.0 Å². The van der Waals surface area contributed by atoms with E-state index in [-0.39, 0.29) is 23.8 Å². The fourth-order valence-electron chi connectivity index (χ4n) is 6.11. The van der Waals surface area contributed by atoms with Crippen molar-refractivity contribution >= 4 is 28.6 Å². The van der Waals surface area contributed by atoms with Gasteiger partial charge in [0.15, 0.2) is 17.6 Å². The number of nitrogens with zero attached hydrogens (tertiary/aromatic N) is 4. The lowest BCUT2D eigenvalue weighted by molar-refractivity contribution is -0.0592. The van der Waals surface area contributed by atoms with E-state index in [0.717, 1.165) is 60.1 Å². The minimum Gasteiger partial charge on any atom is -0.494 e. The molecule has 42 heavy (non-hydrogen) atoms. The Morgan fingerprint density at radius 1 is 1.24 bits per heavy atom. The molecule has 0 spiro atoms. The van der Waals surface area contributed by atoms with Gasteiger partial charge in [0.25, 0.3) is 0 Å². The number of hydrogen-bond donors (Lipinski definition) is 1. The predicted molar refractivity (Wildman–Crippen MR) is 155 cm³/mol. The van der Waals surface area contributed by atoms with Gasteiger partial charge in [-0.05, 0) is 55.7 Å². The van der Waals surface area contributed by atoms with E-state index in [9.17, 15) is 9.90 Å². The Hall–Kier alpha value is -3.86. The number of methoxy groups -OCH3 is 1. The number of aromatic nitrogens is 3. The van der Waals surface area contributed by atoms with Crippen molar-refractivity contribution in [3.05, 3.63) is 75.8 Å². The van der Waals surface area contributed by atoms with E-state index >= 15 is 0 Å². The highest BCUT2D eigenvalue weighted by atomic mass is 35.5. The molecule has 0 amide bonds. The summed E-state index contributed by atoms with van der Waals surface area (Å²) in [5, 5.41) is 10.3. The number of aromatic carboxylic acids is 1. The molecule has 11 heteroatoms. The fourth-order valence-corrected chi connectivity index (χ4v) is 6.22. The number of pyridine rings is 1. The highest BCUT2D eigenvalue weighted by Gasteiger charge is 2.34. The van der Waals surface area contributed by atoms with E-state index in [1.807, 2.05) is 18.2 Å². The van der Waals surface area contributed by atoms with Crippen molar-refractivity contribution < 1.29 is 28.8 Å². The molecule has 0 bridgehead atoms. The van der Waals surface area contributed by atoms with Gasteiger partial charge >= 0.3 is 5.97 Å². The summed E-state index contributed by atoms with van der Waals surface area (Å²) in [6.07, 6.45) is 3.15. The van der Waals surface area contributed by atoms with Crippen LogP contribution in [0.1, 0.15) is 58.5 Å². The van der Waals surface area contributed by atoms with E-state index in [1.54, 1.807) is 12.3 Å². The zero-order valence-corrected chi connectivity index (χ0v) is 24.1. The van der Waals surface area contributed by atoms with E-state index in [4.69, 9.17) is 35.5 Å². The number of hydrogen-bond acceptors (Lipinski definition) is 8. The highest BCUT2D eigenvalue weighted by molar-refractivity contribution is 6.30. The molecular formula is C31H31ClN4O6. The third-order valence-corrected chi connectivity index (χ3v) is 8.73. The molecule has 3 aliphatic rings. The molecule has 1 saturated heterocycles. The first-order chi connectivity index (χ1) is 20.4. The smallest absolute Gasteiger partial charge is 0.335 e. The van der Waals surface area contributed by atoms with Gasteiger partial charge in [0.1, 0.15) is 23.7 Å². The van der Waals surface area contributed by atoms with Crippen LogP contribution < -0.4 is 14.2 Å². The number of halogens is 1. The minimum absolute atomic E-state index is 0.00826. The van der Waals surface area contributed by atoms with Crippen molar-refractivity contribution in [2.24, 2.45) is 0 Å². The first-order valence-electron chi connectivity index (χ1n) is 14.1. The molecule has 1 unspecified atom stereocenters. The van der Waals surface area contributed by atoms with Gasteiger partial charge in [-0.15, -0.1) is 0 Å². The molecule has 1 fully saturated rings. The van der Waals surface area contributed by atoms with Crippen molar-refractivity contribution in [1.29, 1.82) is 0 Å². The first-order valence-corrected chi connectivity index (χ1v) is 14.5. The summed E-state index contributed by atoms with van der Waals surface area (Å²) < 4.78 is 26.2. The Labute approximate surface area is 247 Å². The second kappa shape index (κ2) is 10.8. The van der Waals surface area contributed by atoms with Crippen LogP contribution in [0.3, 0.4) is 0 Å². The van der Waals surface area contributed by atoms with E-state index in [0.29, 0.717) is 36.0 Å². The van der Waals surface area contributed by atoms with E-state index < -0.39 is 5.97 Å². The molecule has 2 aromatic carbocycles. The average molecular weight is 591 g/mol. The Morgan fingerprint density at radius 2 is 2.10 bits per heavy atom. The number of carboxylic acid groups (broad SMARTS) is 1. The zero-order valence-electron chi connectivity index (χ0n) is 23.4. The molecule has 0 aliphatic carbocycles. The standard InChI is InChI=1S/C31H31ClN4O6/c1-17-28-18(3-6-24-30(28)42-26(16-41-24)22-5-4-20(32)13-33-22)7-9-35(17)15-27-34-29-23(36(27)14-21-8-10-40-21)11-19(31(37)38)12-25(29)39-2/h3-6,11-13,17,21,26H,7-10,14-16H2,1-2H3,(H,37,38)/t17?,21-,26+/m0/s1. The molecule has 218 valence electrons. The van der Waals surface area contributed by atoms with Crippen molar-refractivity contribution in [3.8, 4) is 17.2 Å². The second-order valence-electron chi connectivity index (χ2n) is 11.0. The number of rotatable bonds is 7. The third kappa shape index (κ3) is 4.73. The molecule has 0 radical (unpaired) electrons. The van der Waals surface area contributed by atoms with Crippen LogP contribution >= 0.6 is 11.6 Å². The molecule has 10 nitrogen and oxygen atoms in total. The van der Waals surface area contributed by atoms with Crippen molar-refractivity contribution in [2.45, 2.75) is 51.1 Å². The van der Waals surface area contributed by atoms with Crippen LogP contribution in [-0.4, -0.2) is 63.5 Å². The van der Waals surface area contributed by atoms with Gasteiger partial charge in [-0.1, -0.05) is 17.7 Å². The second-order valence-corrected chi connectivity index (χ2v) is 11.4. The number of carboxylic acids is 1. The van der Waals surface area contributed by atoms with Gasteiger partial charge in [0.2, 0.25) is 0 Å². The summed E-state index contributed by atoms with van der Waals surface area (Å²) in [6, 6.07) is 11.0. The van der Waals surface area contributed by atoms with Crippen molar-refractivity contribution in [3.63, 3.8) is 0 Å². The maximum Gasteiger partial charge on any atom is 0.335 e. The van der Waals surface area contributed by atoms with Crippen LogP contribution in [0.2, 0.25) is 5.02 Å². The molecule has 5 heterocycles. The zero-order chi connectivity index (χ0) is 29.0. The van der Waals surface area contributed by atoms with Gasteiger partial charge in [-0.2, -0.15) is 0 Å².